The van der Waals surface area contributed by atoms with Crippen molar-refractivity contribution >= 4 is 39.7 Å². The molecule has 0 radical (unpaired) electrons. The fourth-order valence-electron chi connectivity index (χ4n) is 3.64. The zero-order valence-electron chi connectivity index (χ0n) is 19.2. The number of aryl methyl sites for hydroxylation is 1. The molecular formula is C25H25N7O2S. The van der Waals surface area contributed by atoms with E-state index in [1.54, 1.807) is 18.3 Å². The van der Waals surface area contributed by atoms with Gasteiger partial charge in [0.25, 0.3) is 5.91 Å². The molecule has 1 fully saturated rings. The first kappa shape index (κ1) is 22.8. The van der Waals surface area contributed by atoms with Gasteiger partial charge in [-0.15, -0.1) is 0 Å². The zero-order valence-corrected chi connectivity index (χ0v) is 20.0. The summed E-state index contributed by atoms with van der Waals surface area (Å²) in [6.45, 7) is 5.53. The summed E-state index contributed by atoms with van der Waals surface area (Å²) in [6.07, 6.45) is 1.56. The summed E-state index contributed by atoms with van der Waals surface area (Å²) in [6, 6.07) is 18.7. The Morgan fingerprint density at radius 3 is 2.54 bits per heavy atom. The molecule has 1 aliphatic heterocycles. The lowest BCUT2D eigenvalue weighted by Crippen LogP contribution is -2.44. The van der Waals surface area contributed by atoms with Crippen molar-refractivity contribution in [2.45, 2.75) is 6.92 Å². The second kappa shape index (κ2) is 10.5. The average Bonchev–Trinajstić information content (AvgIpc) is 3.35. The summed E-state index contributed by atoms with van der Waals surface area (Å²) >= 11 is 1.26. The van der Waals surface area contributed by atoms with Crippen molar-refractivity contribution in [1.29, 1.82) is 0 Å². The van der Waals surface area contributed by atoms with Gasteiger partial charge >= 0.3 is 0 Å². The minimum absolute atomic E-state index is 0.229. The maximum absolute atomic E-state index is 12.7. The molecule has 0 aliphatic carbocycles. The van der Waals surface area contributed by atoms with E-state index in [2.05, 4.69) is 35.8 Å². The summed E-state index contributed by atoms with van der Waals surface area (Å²) in [5.41, 5.74) is 0.672. The average molecular weight is 488 g/mol. The molecule has 1 aliphatic rings. The largest absolute Gasteiger partial charge is 0.457 e. The molecular weight excluding hydrogens is 462 g/mol. The normalized spacial score (nSPS) is 13.3. The Morgan fingerprint density at radius 1 is 1.03 bits per heavy atom. The van der Waals surface area contributed by atoms with Crippen LogP contribution in [0.5, 0.6) is 11.5 Å². The number of nitrogens with zero attached hydrogens (tertiary/aromatic N) is 4. The standard InChI is InChI=1S/C25H25N7O2S/c1-17-28-22(15-23(29-17)32-13-11-26-12-14-32)31-25-27-16-21(35-25)24(33)30-18-7-9-20(10-8-18)34-19-5-3-2-4-6-19/h2-10,15-16,26H,11-14H2,1H3,(H,30,33)(H,27,28,29,31). The number of amides is 1. The van der Waals surface area contributed by atoms with E-state index >= 15 is 0 Å². The van der Waals surface area contributed by atoms with Crippen molar-refractivity contribution in [1.82, 2.24) is 20.3 Å². The minimum atomic E-state index is -0.229. The third-order valence-corrected chi connectivity index (χ3v) is 6.23. The van der Waals surface area contributed by atoms with Crippen molar-refractivity contribution in [3.63, 3.8) is 0 Å². The van der Waals surface area contributed by atoms with Crippen molar-refractivity contribution in [3.8, 4) is 11.5 Å². The molecule has 0 spiro atoms. The smallest absolute Gasteiger partial charge is 0.267 e. The molecule has 1 saturated heterocycles. The number of hydrogen-bond acceptors (Lipinski definition) is 9. The summed E-state index contributed by atoms with van der Waals surface area (Å²) in [7, 11) is 0. The summed E-state index contributed by atoms with van der Waals surface area (Å²) in [4.78, 5) is 28.8. The molecule has 178 valence electrons. The Morgan fingerprint density at radius 2 is 1.77 bits per heavy atom. The first-order valence-electron chi connectivity index (χ1n) is 11.3. The molecule has 10 heteroatoms. The monoisotopic (exact) mass is 487 g/mol. The molecule has 3 heterocycles. The predicted molar refractivity (Wildman–Crippen MR) is 138 cm³/mol. The lowest BCUT2D eigenvalue weighted by Gasteiger charge is -2.28. The fourth-order valence-corrected chi connectivity index (χ4v) is 4.36. The van der Waals surface area contributed by atoms with Gasteiger partial charge in [0, 0.05) is 37.9 Å². The van der Waals surface area contributed by atoms with Gasteiger partial charge in [0.2, 0.25) is 0 Å². The van der Waals surface area contributed by atoms with Gasteiger partial charge in [0.1, 0.15) is 33.8 Å². The van der Waals surface area contributed by atoms with E-state index in [0.29, 0.717) is 33.1 Å². The molecule has 3 N–H and O–H groups in total. The van der Waals surface area contributed by atoms with Crippen LogP contribution in [0.25, 0.3) is 0 Å². The summed E-state index contributed by atoms with van der Waals surface area (Å²) in [5, 5.41) is 10.0. The molecule has 0 atom stereocenters. The molecule has 2 aromatic carbocycles. The van der Waals surface area contributed by atoms with E-state index in [1.807, 2.05) is 55.5 Å². The number of anilines is 4. The first-order chi connectivity index (χ1) is 17.1. The van der Waals surface area contributed by atoms with Crippen LogP contribution in [-0.2, 0) is 0 Å². The van der Waals surface area contributed by atoms with Gasteiger partial charge in [-0.05, 0) is 43.3 Å². The van der Waals surface area contributed by atoms with Gasteiger partial charge in [0.15, 0.2) is 5.13 Å². The summed E-state index contributed by atoms with van der Waals surface area (Å²) < 4.78 is 5.79. The Labute approximate surface area is 207 Å². The van der Waals surface area contributed by atoms with Crippen molar-refractivity contribution in [2.75, 3.05) is 41.7 Å². The number of para-hydroxylation sites is 1. The van der Waals surface area contributed by atoms with Crippen molar-refractivity contribution < 1.29 is 9.53 Å². The van der Waals surface area contributed by atoms with Crippen LogP contribution in [-0.4, -0.2) is 47.0 Å². The van der Waals surface area contributed by atoms with E-state index in [9.17, 15) is 4.79 Å². The molecule has 0 bridgehead atoms. The third kappa shape index (κ3) is 5.92. The Balaban J connectivity index is 1.21. The highest BCUT2D eigenvalue weighted by atomic mass is 32.1. The number of rotatable bonds is 7. The third-order valence-electron chi connectivity index (χ3n) is 5.32. The van der Waals surface area contributed by atoms with E-state index in [4.69, 9.17) is 4.74 Å². The van der Waals surface area contributed by atoms with Gasteiger partial charge < -0.3 is 25.6 Å². The highest BCUT2D eigenvalue weighted by Gasteiger charge is 2.15. The Kier molecular flexibility index (Phi) is 6.82. The Bertz CT molecular complexity index is 1290. The van der Waals surface area contributed by atoms with E-state index < -0.39 is 0 Å². The van der Waals surface area contributed by atoms with Crippen molar-refractivity contribution in [2.24, 2.45) is 0 Å². The van der Waals surface area contributed by atoms with Crippen molar-refractivity contribution in [3.05, 3.63) is 77.6 Å². The number of benzene rings is 2. The number of ether oxygens (including phenoxy) is 1. The molecule has 0 unspecified atom stereocenters. The topological polar surface area (TPSA) is 104 Å². The van der Waals surface area contributed by atoms with E-state index in [-0.39, 0.29) is 5.91 Å². The van der Waals surface area contributed by atoms with Crippen LogP contribution in [0.3, 0.4) is 0 Å². The predicted octanol–water partition coefficient (Wildman–Crippen LogP) is 4.44. The quantitative estimate of drug-likeness (QED) is 0.352. The van der Waals surface area contributed by atoms with Crippen LogP contribution in [0.15, 0.2) is 66.9 Å². The number of hydrogen-bond donors (Lipinski definition) is 3. The second-order valence-electron chi connectivity index (χ2n) is 7.94. The number of carbonyl (C=O) groups is 1. The van der Waals surface area contributed by atoms with Crippen LogP contribution in [0, 0.1) is 6.92 Å². The fraction of sp³-hybridized carbons (Fsp3) is 0.200. The molecule has 9 nitrogen and oxygen atoms in total. The maximum Gasteiger partial charge on any atom is 0.267 e. The van der Waals surface area contributed by atoms with E-state index in [0.717, 1.165) is 37.7 Å². The minimum Gasteiger partial charge on any atom is -0.457 e. The van der Waals surface area contributed by atoms with E-state index in [1.165, 1.54) is 11.3 Å². The van der Waals surface area contributed by atoms with Gasteiger partial charge in [-0.25, -0.2) is 15.0 Å². The van der Waals surface area contributed by atoms with Gasteiger partial charge in [0.05, 0.1) is 6.20 Å². The number of carbonyl (C=O) groups excluding carboxylic acids is 1. The first-order valence-corrected chi connectivity index (χ1v) is 12.1. The SMILES string of the molecule is Cc1nc(Nc2ncc(C(=O)Nc3ccc(Oc4ccccc4)cc3)s2)cc(N2CCNCC2)n1. The lowest BCUT2D eigenvalue weighted by atomic mass is 10.3. The maximum atomic E-state index is 12.7. The van der Waals surface area contributed by atoms with Crippen LogP contribution >= 0.6 is 11.3 Å². The highest BCUT2D eigenvalue weighted by Crippen LogP contribution is 2.26. The van der Waals surface area contributed by atoms with Crippen LogP contribution in [0.4, 0.5) is 22.5 Å². The zero-order chi connectivity index (χ0) is 24.0. The molecule has 5 rings (SSSR count). The number of nitrogens with one attached hydrogen (secondary N) is 3. The lowest BCUT2D eigenvalue weighted by molar-refractivity contribution is 0.103. The van der Waals surface area contributed by atoms with Gasteiger partial charge in [-0.1, -0.05) is 29.5 Å². The van der Waals surface area contributed by atoms with Crippen LogP contribution in [0.1, 0.15) is 15.5 Å². The summed E-state index contributed by atoms with van der Waals surface area (Å²) in [5.74, 6) is 3.44. The van der Waals surface area contributed by atoms with Gasteiger partial charge in [-0.2, -0.15) is 0 Å². The van der Waals surface area contributed by atoms with Gasteiger partial charge in [-0.3, -0.25) is 4.79 Å². The molecule has 0 saturated carbocycles. The Hall–Kier alpha value is -4.02. The number of aromatic nitrogens is 3. The number of piperazine rings is 1. The van der Waals surface area contributed by atoms with Crippen LogP contribution in [0.2, 0.25) is 0 Å². The molecule has 2 aromatic heterocycles. The van der Waals surface area contributed by atoms with Crippen LogP contribution < -0.4 is 25.6 Å². The molecule has 35 heavy (non-hydrogen) atoms. The molecule has 4 aromatic rings. The highest BCUT2D eigenvalue weighted by molar-refractivity contribution is 7.17. The number of thiazole rings is 1. The molecule has 1 amide bonds. The second-order valence-corrected chi connectivity index (χ2v) is 8.97.